The molecule has 0 radical (unpaired) electrons. The van der Waals surface area contributed by atoms with E-state index in [1.165, 1.54) is 0 Å². The predicted octanol–water partition coefficient (Wildman–Crippen LogP) is 3.17. The van der Waals surface area contributed by atoms with Crippen molar-refractivity contribution in [1.82, 2.24) is 4.90 Å². The zero-order valence-corrected chi connectivity index (χ0v) is 12.9. The highest BCUT2D eigenvalue weighted by Gasteiger charge is 2.19. The minimum absolute atomic E-state index is 0.264. The highest BCUT2D eigenvalue weighted by atomic mass is 35.5. The number of nitrogens with zero attached hydrogens (tertiary/aromatic N) is 4. The average molecular weight is 306 g/mol. The molecule has 0 aromatic heterocycles. The summed E-state index contributed by atoms with van der Waals surface area (Å²) in [6, 6.07) is 7.68. The van der Waals surface area contributed by atoms with E-state index in [-0.39, 0.29) is 6.04 Å². The number of hydrogen-bond donors (Lipinski definition) is 1. The van der Waals surface area contributed by atoms with Crippen molar-refractivity contribution in [1.29, 1.82) is 0 Å². The van der Waals surface area contributed by atoms with Crippen LogP contribution in [0.15, 0.2) is 46.1 Å². The Morgan fingerprint density at radius 3 is 2.48 bits per heavy atom. The van der Waals surface area contributed by atoms with Gasteiger partial charge in [-0.2, -0.15) is 5.11 Å². The van der Waals surface area contributed by atoms with E-state index in [4.69, 9.17) is 17.3 Å². The van der Waals surface area contributed by atoms with E-state index < -0.39 is 0 Å². The lowest BCUT2D eigenvalue weighted by atomic mass is 10.1. The molecule has 2 rings (SSSR count). The second-order valence-corrected chi connectivity index (χ2v) is 5.43. The van der Waals surface area contributed by atoms with Gasteiger partial charge in [0.05, 0.1) is 5.70 Å². The Hall–Kier alpha value is -1.72. The third-order valence-electron chi connectivity index (χ3n) is 3.42. The molecule has 1 saturated heterocycles. The Balaban J connectivity index is 2.16. The van der Waals surface area contributed by atoms with Crippen molar-refractivity contribution >= 4 is 23.3 Å². The minimum Gasteiger partial charge on any atom is -0.339 e. The first-order valence-corrected chi connectivity index (χ1v) is 7.32. The Labute approximate surface area is 130 Å². The van der Waals surface area contributed by atoms with Gasteiger partial charge in [0.2, 0.25) is 5.96 Å². The topological polar surface area (TPSA) is 66.3 Å². The van der Waals surface area contributed by atoms with Gasteiger partial charge in [0.25, 0.3) is 0 Å². The normalized spacial score (nSPS) is 17.5. The molecule has 1 fully saturated rings. The van der Waals surface area contributed by atoms with Gasteiger partial charge in [0.15, 0.2) is 0 Å². The lowest BCUT2D eigenvalue weighted by Gasteiger charge is -2.30. The molecule has 6 heteroatoms. The van der Waals surface area contributed by atoms with Gasteiger partial charge in [-0.1, -0.05) is 30.3 Å². The molecule has 0 spiro atoms. The first-order chi connectivity index (χ1) is 10.1. The number of guanidine groups is 1. The van der Waals surface area contributed by atoms with Crippen LogP contribution in [0.5, 0.6) is 0 Å². The number of hydrogen-bond acceptors (Lipinski definition) is 3. The van der Waals surface area contributed by atoms with Gasteiger partial charge in [-0.3, -0.25) is 0 Å². The molecule has 112 valence electrons. The molecule has 0 bridgehead atoms. The van der Waals surface area contributed by atoms with Crippen molar-refractivity contribution < 1.29 is 0 Å². The van der Waals surface area contributed by atoms with Crippen molar-refractivity contribution in [3.05, 3.63) is 41.4 Å². The Morgan fingerprint density at radius 2 is 1.90 bits per heavy atom. The smallest absolute Gasteiger partial charge is 0.245 e. The monoisotopic (exact) mass is 305 g/mol. The molecule has 0 aliphatic carbocycles. The number of azo groups is 1. The number of piperidine rings is 1. The van der Waals surface area contributed by atoms with E-state index in [9.17, 15) is 0 Å². The fourth-order valence-corrected chi connectivity index (χ4v) is 2.30. The van der Waals surface area contributed by atoms with Crippen LogP contribution in [0.2, 0.25) is 5.02 Å². The molecule has 0 amide bonds. The van der Waals surface area contributed by atoms with Crippen LogP contribution in [0.3, 0.4) is 0 Å². The van der Waals surface area contributed by atoms with Gasteiger partial charge < -0.3 is 10.6 Å². The van der Waals surface area contributed by atoms with Crippen LogP contribution in [0, 0.1) is 0 Å². The molecule has 0 saturated carbocycles. The minimum atomic E-state index is 0.264. The van der Waals surface area contributed by atoms with E-state index in [0.717, 1.165) is 31.5 Å². The van der Waals surface area contributed by atoms with Gasteiger partial charge >= 0.3 is 0 Å². The summed E-state index contributed by atoms with van der Waals surface area (Å²) in [6.07, 6.45) is 1.87. The maximum atomic E-state index is 5.93. The summed E-state index contributed by atoms with van der Waals surface area (Å²) in [4.78, 5) is 6.61. The summed E-state index contributed by atoms with van der Waals surface area (Å²) >= 11 is 5.89. The fraction of sp³-hybridized carbons (Fsp3) is 0.400. The molecule has 1 heterocycles. The summed E-state index contributed by atoms with van der Waals surface area (Å²) in [5, 5.41) is 8.67. The van der Waals surface area contributed by atoms with E-state index in [0.29, 0.717) is 16.7 Å². The molecule has 0 atom stereocenters. The summed E-state index contributed by atoms with van der Waals surface area (Å²) in [5.74, 6) is 0.587. The zero-order valence-electron chi connectivity index (χ0n) is 12.2. The summed E-state index contributed by atoms with van der Waals surface area (Å²) in [5.41, 5.74) is 7.48. The van der Waals surface area contributed by atoms with Gasteiger partial charge in [-0.15, -0.1) is 5.11 Å². The van der Waals surface area contributed by atoms with Crippen LogP contribution >= 0.6 is 11.6 Å². The molecular formula is C15H20ClN5. The number of halogens is 1. The molecule has 21 heavy (non-hydrogen) atoms. The summed E-state index contributed by atoms with van der Waals surface area (Å²) < 4.78 is 0. The second kappa shape index (κ2) is 7.33. The highest BCUT2D eigenvalue weighted by Crippen LogP contribution is 2.19. The summed E-state index contributed by atoms with van der Waals surface area (Å²) in [7, 11) is 1.64. The third-order valence-corrected chi connectivity index (χ3v) is 3.68. The van der Waals surface area contributed by atoms with Gasteiger partial charge in [-0.25, -0.2) is 4.99 Å². The largest absolute Gasteiger partial charge is 0.339 e. The first-order valence-electron chi connectivity index (χ1n) is 6.94. The van der Waals surface area contributed by atoms with Crippen molar-refractivity contribution in [2.75, 3.05) is 20.1 Å². The van der Waals surface area contributed by atoms with Crippen LogP contribution in [0.4, 0.5) is 0 Å². The number of benzene rings is 1. The number of rotatable bonds is 2. The number of likely N-dealkylation sites (tertiary alicyclic amines) is 1. The quantitative estimate of drug-likeness (QED) is 0.518. The highest BCUT2D eigenvalue weighted by molar-refractivity contribution is 6.30. The lowest BCUT2D eigenvalue weighted by molar-refractivity contribution is 0.310. The van der Waals surface area contributed by atoms with Crippen molar-refractivity contribution in [3.8, 4) is 0 Å². The second-order valence-electron chi connectivity index (χ2n) is 4.99. The van der Waals surface area contributed by atoms with Crippen molar-refractivity contribution in [2.24, 2.45) is 21.0 Å². The molecular weight excluding hydrogens is 286 g/mol. The maximum absolute atomic E-state index is 5.93. The van der Waals surface area contributed by atoms with Crippen LogP contribution in [-0.2, 0) is 0 Å². The third kappa shape index (κ3) is 4.37. The SMILES string of the molecule is C=C(N=C(N=NC)N1CCC(N)CC1)c1ccc(Cl)cc1. The average Bonchev–Trinajstić information content (AvgIpc) is 2.48. The number of nitrogens with two attached hydrogens (primary N) is 1. The van der Waals surface area contributed by atoms with E-state index in [2.05, 4.69) is 26.7 Å². The van der Waals surface area contributed by atoms with Crippen LogP contribution in [-0.4, -0.2) is 37.0 Å². The van der Waals surface area contributed by atoms with Crippen LogP contribution in [0.25, 0.3) is 5.70 Å². The molecule has 1 aliphatic rings. The Kier molecular flexibility index (Phi) is 5.47. The van der Waals surface area contributed by atoms with Gasteiger partial charge in [0.1, 0.15) is 0 Å². The Bertz CT molecular complexity index is 542. The molecule has 1 aliphatic heterocycles. The van der Waals surface area contributed by atoms with Crippen LogP contribution < -0.4 is 5.73 Å². The summed E-state index contributed by atoms with van der Waals surface area (Å²) in [6.45, 7) is 5.68. The van der Waals surface area contributed by atoms with Gasteiger partial charge in [0, 0.05) is 31.2 Å². The van der Waals surface area contributed by atoms with E-state index >= 15 is 0 Å². The van der Waals surface area contributed by atoms with Gasteiger partial charge in [-0.05, 0) is 30.5 Å². The first kappa shape index (κ1) is 15.7. The zero-order chi connectivity index (χ0) is 15.2. The molecule has 2 N–H and O–H groups in total. The van der Waals surface area contributed by atoms with Crippen molar-refractivity contribution in [3.63, 3.8) is 0 Å². The Morgan fingerprint density at radius 1 is 1.29 bits per heavy atom. The molecule has 5 nitrogen and oxygen atoms in total. The van der Waals surface area contributed by atoms with Crippen LogP contribution in [0.1, 0.15) is 18.4 Å². The standard InChI is InChI=1S/C15H20ClN5/c1-11(12-3-5-13(16)6-4-12)19-15(20-18-2)21-9-7-14(17)8-10-21/h3-6,14H,1,7-10,17H2,2H3. The van der Waals surface area contributed by atoms with E-state index in [1.807, 2.05) is 24.3 Å². The number of aliphatic imine (C=N–C) groups is 1. The molecule has 0 unspecified atom stereocenters. The van der Waals surface area contributed by atoms with E-state index in [1.54, 1.807) is 7.05 Å². The fourth-order valence-electron chi connectivity index (χ4n) is 2.17. The molecule has 1 aromatic rings. The predicted molar refractivity (Wildman–Crippen MR) is 87.5 cm³/mol. The van der Waals surface area contributed by atoms with Crippen molar-refractivity contribution in [2.45, 2.75) is 18.9 Å². The lowest BCUT2D eigenvalue weighted by Crippen LogP contribution is -2.42. The maximum Gasteiger partial charge on any atom is 0.245 e. The molecule has 1 aromatic carbocycles.